The third-order valence-corrected chi connectivity index (χ3v) is 3.83. The van der Waals surface area contributed by atoms with Crippen molar-refractivity contribution in [1.82, 2.24) is 5.43 Å². The van der Waals surface area contributed by atoms with Crippen LogP contribution in [-0.4, -0.2) is 25.8 Å². The lowest BCUT2D eigenvalue weighted by Gasteiger charge is -2.06. The van der Waals surface area contributed by atoms with Crippen molar-refractivity contribution >= 4 is 12.1 Å². The standard InChI is InChI=1S/C22H20N2O3/c1-26-21-9-5-6-17(14-21)15-23-24-22(25)16-27-20-12-10-19(11-13-20)18-7-3-2-4-8-18/h2-15H,16H2,1H3,(H,24,25)/b23-15+. The summed E-state index contributed by atoms with van der Waals surface area (Å²) in [6, 6.07) is 25.0. The number of hydrogen-bond donors (Lipinski definition) is 1. The van der Waals surface area contributed by atoms with Gasteiger partial charge in [-0.1, -0.05) is 54.6 Å². The maximum Gasteiger partial charge on any atom is 0.277 e. The summed E-state index contributed by atoms with van der Waals surface area (Å²) in [6.45, 7) is -0.111. The fourth-order valence-corrected chi connectivity index (χ4v) is 2.46. The second-order valence-corrected chi connectivity index (χ2v) is 5.75. The zero-order valence-electron chi connectivity index (χ0n) is 15.0. The molecule has 0 aliphatic heterocycles. The number of amides is 1. The molecule has 3 aromatic carbocycles. The molecule has 5 heteroatoms. The van der Waals surface area contributed by atoms with Gasteiger partial charge in [0, 0.05) is 0 Å². The second-order valence-electron chi connectivity index (χ2n) is 5.75. The predicted molar refractivity (Wildman–Crippen MR) is 106 cm³/mol. The van der Waals surface area contributed by atoms with Gasteiger partial charge in [0.25, 0.3) is 5.91 Å². The monoisotopic (exact) mass is 360 g/mol. The molecule has 0 spiro atoms. The molecule has 0 aromatic heterocycles. The van der Waals surface area contributed by atoms with Crippen LogP contribution in [0.2, 0.25) is 0 Å². The van der Waals surface area contributed by atoms with Crippen LogP contribution in [-0.2, 0) is 4.79 Å². The molecular weight excluding hydrogens is 340 g/mol. The normalized spacial score (nSPS) is 10.6. The van der Waals surface area contributed by atoms with Crippen LogP contribution < -0.4 is 14.9 Å². The summed E-state index contributed by atoms with van der Waals surface area (Å²) in [6.07, 6.45) is 1.55. The smallest absolute Gasteiger partial charge is 0.277 e. The van der Waals surface area contributed by atoms with E-state index in [0.717, 1.165) is 22.4 Å². The first kappa shape index (κ1) is 18.2. The molecule has 3 aromatic rings. The minimum atomic E-state index is -0.332. The maximum atomic E-state index is 11.8. The zero-order chi connectivity index (χ0) is 18.9. The molecule has 0 aliphatic rings. The predicted octanol–water partition coefficient (Wildman–Crippen LogP) is 3.89. The quantitative estimate of drug-likeness (QED) is 0.514. The van der Waals surface area contributed by atoms with E-state index in [9.17, 15) is 4.79 Å². The lowest BCUT2D eigenvalue weighted by Crippen LogP contribution is -2.24. The number of hydrogen-bond acceptors (Lipinski definition) is 4. The van der Waals surface area contributed by atoms with Crippen molar-refractivity contribution in [3.63, 3.8) is 0 Å². The molecule has 0 saturated carbocycles. The van der Waals surface area contributed by atoms with Crippen LogP contribution in [0.5, 0.6) is 11.5 Å². The molecular formula is C22H20N2O3. The summed E-state index contributed by atoms with van der Waals surface area (Å²) < 4.78 is 10.6. The van der Waals surface area contributed by atoms with Crippen LogP contribution in [0.15, 0.2) is 84.0 Å². The molecule has 0 bridgehead atoms. The first-order chi connectivity index (χ1) is 13.2. The summed E-state index contributed by atoms with van der Waals surface area (Å²) in [7, 11) is 1.60. The molecule has 0 atom stereocenters. The van der Waals surface area contributed by atoms with E-state index in [-0.39, 0.29) is 12.5 Å². The Morgan fingerprint density at radius 3 is 2.41 bits per heavy atom. The minimum absolute atomic E-state index is 0.111. The number of nitrogens with zero attached hydrogens (tertiary/aromatic N) is 1. The fraction of sp³-hybridized carbons (Fsp3) is 0.0909. The van der Waals surface area contributed by atoms with E-state index < -0.39 is 0 Å². The van der Waals surface area contributed by atoms with E-state index in [0.29, 0.717) is 5.75 Å². The first-order valence-electron chi connectivity index (χ1n) is 8.49. The van der Waals surface area contributed by atoms with Crippen LogP contribution in [0.3, 0.4) is 0 Å². The van der Waals surface area contributed by atoms with E-state index in [2.05, 4.69) is 10.5 Å². The third-order valence-electron chi connectivity index (χ3n) is 3.83. The number of hydrazone groups is 1. The van der Waals surface area contributed by atoms with Crippen molar-refractivity contribution in [2.24, 2.45) is 5.10 Å². The molecule has 0 radical (unpaired) electrons. The average molecular weight is 360 g/mol. The summed E-state index contributed by atoms with van der Waals surface area (Å²) >= 11 is 0. The lowest BCUT2D eigenvalue weighted by molar-refractivity contribution is -0.123. The number of nitrogens with one attached hydrogen (secondary N) is 1. The number of carbonyl (C=O) groups is 1. The number of ether oxygens (including phenoxy) is 2. The molecule has 5 nitrogen and oxygen atoms in total. The van der Waals surface area contributed by atoms with Gasteiger partial charge in [-0.2, -0.15) is 5.10 Å². The van der Waals surface area contributed by atoms with E-state index in [1.54, 1.807) is 13.3 Å². The topological polar surface area (TPSA) is 59.9 Å². The van der Waals surface area contributed by atoms with Crippen molar-refractivity contribution in [3.05, 3.63) is 84.4 Å². The van der Waals surface area contributed by atoms with Crippen LogP contribution in [0, 0.1) is 0 Å². The summed E-state index contributed by atoms with van der Waals surface area (Å²) in [5.41, 5.74) is 5.49. The summed E-state index contributed by atoms with van der Waals surface area (Å²) in [4.78, 5) is 11.8. The molecule has 0 heterocycles. The van der Waals surface area contributed by atoms with E-state index in [4.69, 9.17) is 9.47 Å². The highest BCUT2D eigenvalue weighted by Gasteiger charge is 2.02. The van der Waals surface area contributed by atoms with Gasteiger partial charge in [0.05, 0.1) is 13.3 Å². The third kappa shape index (κ3) is 5.44. The van der Waals surface area contributed by atoms with Gasteiger partial charge >= 0.3 is 0 Å². The summed E-state index contributed by atoms with van der Waals surface area (Å²) in [5, 5.41) is 3.92. The second kappa shape index (κ2) is 9.20. The Balaban J connectivity index is 1.48. The SMILES string of the molecule is COc1cccc(/C=N/NC(=O)COc2ccc(-c3ccccc3)cc2)c1. The maximum absolute atomic E-state index is 11.8. The van der Waals surface area contributed by atoms with E-state index in [1.165, 1.54) is 0 Å². The Labute approximate surface area is 158 Å². The molecule has 0 aliphatic carbocycles. The number of carbonyl (C=O) groups excluding carboxylic acids is 1. The van der Waals surface area contributed by atoms with Gasteiger partial charge in [-0.25, -0.2) is 5.43 Å². The first-order valence-corrected chi connectivity index (χ1v) is 8.49. The Bertz CT molecular complexity index is 906. The van der Waals surface area contributed by atoms with Gasteiger partial charge in [-0.15, -0.1) is 0 Å². The average Bonchev–Trinajstić information content (AvgIpc) is 2.73. The number of rotatable bonds is 7. The van der Waals surface area contributed by atoms with E-state index in [1.807, 2.05) is 78.9 Å². The molecule has 0 fully saturated rings. The van der Waals surface area contributed by atoms with Crippen LogP contribution >= 0.6 is 0 Å². The van der Waals surface area contributed by atoms with Gasteiger partial charge in [-0.3, -0.25) is 4.79 Å². The Morgan fingerprint density at radius 2 is 1.67 bits per heavy atom. The van der Waals surface area contributed by atoms with Crippen molar-refractivity contribution in [2.75, 3.05) is 13.7 Å². The molecule has 1 N–H and O–H groups in total. The molecule has 27 heavy (non-hydrogen) atoms. The van der Waals surface area contributed by atoms with Gasteiger partial charge in [0.2, 0.25) is 0 Å². The highest BCUT2D eigenvalue weighted by Crippen LogP contribution is 2.21. The van der Waals surface area contributed by atoms with Gasteiger partial charge < -0.3 is 9.47 Å². The van der Waals surface area contributed by atoms with Crippen LogP contribution in [0.25, 0.3) is 11.1 Å². The molecule has 0 unspecified atom stereocenters. The zero-order valence-corrected chi connectivity index (χ0v) is 15.0. The van der Waals surface area contributed by atoms with Crippen molar-refractivity contribution < 1.29 is 14.3 Å². The molecule has 3 rings (SSSR count). The number of methoxy groups -OCH3 is 1. The molecule has 136 valence electrons. The Kier molecular flexibility index (Phi) is 6.20. The lowest BCUT2D eigenvalue weighted by atomic mass is 10.1. The van der Waals surface area contributed by atoms with Crippen LogP contribution in [0.1, 0.15) is 5.56 Å². The largest absolute Gasteiger partial charge is 0.497 e. The highest BCUT2D eigenvalue weighted by atomic mass is 16.5. The highest BCUT2D eigenvalue weighted by molar-refractivity contribution is 5.83. The van der Waals surface area contributed by atoms with Crippen molar-refractivity contribution in [2.45, 2.75) is 0 Å². The van der Waals surface area contributed by atoms with Gasteiger partial charge in [-0.05, 0) is 41.0 Å². The Hall–Kier alpha value is -3.60. The molecule has 1 amide bonds. The summed E-state index contributed by atoms with van der Waals surface area (Å²) in [5.74, 6) is 1.02. The van der Waals surface area contributed by atoms with Gasteiger partial charge in [0.1, 0.15) is 11.5 Å². The van der Waals surface area contributed by atoms with Crippen LogP contribution in [0.4, 0.5) is 0 Å². The Morgan fingerprint density at radius 1 is 0.926 bits per heavy atom. The van der Waals surface area contributed by atoms with Crippen molar-refractivity contribution in [1.29, 1.82) is 0 Å². The minimum Gasteiger partial charge on any atom is -0.497 e. The fourth-order valence-electron chi connectivity index (χ4n) is 2.46. The van der Waals surface area contributed by atoms with E-state index >= 15 is 0 Å². The number of benzene rings is 3. The van der Waals surface area contributed by atoms with Gasteiger partial charge in [0.15, 0.2) is 6.61 Å². The van der Waals surface area contributed by atoms with Crippen molar-refractivity contribution in [3.8, 4) is 22.6 Å². The molecule has 0 saturated heterocycles.